The molecule has 0 saturated carbocycles. The van der Waals surface area contributed by atoms with Gasteiger partial charge in [0.15, 0.2) is 11.6 Å². The summed E-state index contributed by atoms with van der Waals surface area (Å²) in [6.45, 7) is -0.214. The van der Waals surface area contributed by atoms with Gasteiger partial charge < -0.3 is 10.6 Å². The molecule has 0 unspecified atom stereocenters. The van der Waals surface area contributed by atoms with Gasteiger partial charge in [-0.25, -0.2) is 8.78 Å². The summed E-state index contributed by atoms with van der Waals surface area (Å²) in [5.41, 5.74) is -0.0391. The van der Waals surface area contributed by atoms with Crippen molar-refractivity contribution in [3.63, 3.8) is 0 Å². The molecule has 0 heterocycles. The number of carbonyl (C=O) groups is 2. The van der Waals surface area contributed by atoms with Crippen molar-refractivity contribution in [3.05, 3.63) is 35.4 Å². The molecule has 0 fully saturated rings. The second-order valence-electron chi connectivity index (χ2n) is 2.98. The average molecular weight is 228 g/mol. The van der Waals surface area contributed by atoms with Gasteiger partial charge in [0.25, 0.3) is 5.91 Å². The van der Waals surface area contributed by atoms with E-state index in [0.29, 0.717) is 0 Å². The lowest BCUT2D eigenvalue weighted by molar-refractivity contribution is -0.119. The van der Waals surface area contributed by atoms with E-state index in [1.165, 1.54) is 7.05 Å². The summed E-state index contributed by atoms with van der Waals surface area (Å²) < 4.78 is 25.3. The molecule has 0 aliphatic heterocycles. The normalized spacial score (nSPS) is 9.69. The maximum absolute atomic E-state index is 12.8. The maximum atomic E-state index is 12.8. The molecule has 0 bridgehead atoms. The molecule has 4 nitrogen and oxygen atoms in total. The molecular formula is C10H10F2N2O2. The highest BCUT2D eigenvalue weighted by Gasteiger charge is 2.10. The number of rotatable bonds is 3. The molecule has 16 heavy (non-hydrogen) atoms. The number of amides is 2. The lowest BCUT2D eigenvalue weighted by Gasteiger charge is -2.04. The Morgan fingerprint density at radius 2 is 1.94 bits per heavy atom. The van der Waals surface area contributed by atoms with Gasteiger partial charge in [0, 0.05) is 12.6 Å². The lowest BCUT2D eigenvalue weighted by atomic mass is 10.2. The van der Waals surface area contributed by atoms with E-state index in [1.54, 1.807) is 0 Å². The smallest absolute Gasteiger partial charge is 0.251 e. The Labute approximate surface area is 90.6 Å². The molecule has 0 aliphatic carbocycles. The summed E-state index contributed by atoms with van der Waals surface area (Å²) in [6.07, 6.45) is 0. The van der Waals surface area contributed by atoms with Crippen LogP contribution in [0.3, 0.4) is 0 Å². The van der Waals surface area contributed by atoms with Crippen LogP contribution in [-0.2, 0) is 4.79 Å². The Hall–Kier alpha value is -1.98. The van der Waals surface area contributed by atoms with Crippen LogP contribution < -0.4 is 10.6 Å². The molecule has 1 aromatic carbocycles. The fourth-order valence-corrected chi connectivity index (χ4v) is 0.988. The largest absolute Gasteiger partial charge is 0.358 e. The van der Waals surface area contributed by atoms with Gasteiger partial charge in [0.05, 0.1) is 6.54 Å². The van der Waals surface area contributed by atoms with Gasteiger partial charge in [-0.3, -0.25) is 9.59 Å². The van der Waals surface area contributed by atoms with Crippen molar-refractivity contribution in [3.8, 4) is 0 Å². The number of hydrogen-bond donors (Lipinski definition) is 2. The number of nitrogens with one attached hydrogen (secondary N) is 2. The van der Waals surface area contributed by atoms with Crippen molar-refractivity contribution in [2.45, 2.75) is 0 Å². The first-order chi connectivity index (χ1) is 7.54. The highest BCUT2D eigenvalue weighted by molar-refractivity contribution is 5.96. The summed E-state index contributed by atoms with van der Waals surface area (Å²) in [6, 6.07) is 2.76. The Balaban J connectivity index is 2.66. The van der Waals surface area contributed by atoms with Gasteiger partial charge in [-0.2, -0.15) is 0 Å². The highest BCUT2D eigenvalue weighted by Crippen LogP contribution is 2.08. The van der Waals surface area contributed by atoms with E-state index in [0.717, 1.165) is 18.2 Å². The van der Waals surface area contributed by atoms with Crippen molar-refractivity contribution in [1.82, 2.24) is 10.6 Å². The van der Waals surface area contributed by atoms with Crippen molar-refractivity contribution < 1.29 is 18.4 Å². The van der Waals surface area contributed by atoms with Gasteiger partial charge in [-0.05, 0) is 18.2 Å². The first-order valence-corrected chi connectivity index (χ1v) is 4.48. The third-order valence-corrected chi connectivity index (χ3v) is 1.87. The highest BCUT2D eigenvalue weighted by atomic mass is 19.2. The van der Waals surface area contributed by atoms with Crippen LogP contribution in [0.4, 0.5) is 8.78 Å². The minimum absolute atomic E-state index is 0.0391. The maximum Gasteiger partial charge on any atom is 0.251 e. The van der Waals surface area contributed by atoms with E-state index < -0.39 is 17.5 Å². The molecule has 86 valence electrons. The predicted molar refractivity (Wildman–Crippen MR) is 52.8 cm³/mol. The Bertz CT molecular complexity index is 421. The van der Waals surface area contributed by atoms with Gasteiger partial charge in [0.1, 0.15) is 0 Å². The SMILES string of the molecule is CNC(=O)CNC(=O)c1ccc(F)c(F)c1. The summed E-state index contributed by atoms with van der Waals surface area (Å²) in [5, 5.41) is 4.56. The molecule has 1 rings (SSSR count). The van der Waals surface area contributed by atoms with E-state index in [1.807, 2.05) is 0 Å². The van der Waals surface area contributed by atoms with Gasteiger partial charge in [-0.15, -0.1) is 0 Å². The molecule has 2 N–H and O–H groups in total. The van der Waals surface area contributed by atoms with E-state index in [2.05, 4.69) is 10.6 Å². The van der Waals surface area contributed by atoms with Gasteiger partial charge in [0.2, 0.25) is 5.91 Å². The number of carbonyl (C=O) groups excluding carboxylic acids is 2. The van der Waals surface area contributed by atoms with Crippen molar-refractivity contribution >= 4 is 11.8 Å². The first kappa shape index (κ1) is 12.1. The molecule has 0 atom stereocenters. The Morgan fingerprint density at radius 1 is 1.25 bits per heavy atom. The van der Waals surface area contributed by atoms with Gasteiger partial charge >= 0.3 is 0 Å². The van der Waals surface area contributed by atoms with Crippen LogP contribution in [0.5, 0.6) is 0 Å². The molecular weight excluding hydrogens is 218 g/mol. The van der Waals surface area contributed by atoms with Crippen LogP contribution in [0.1, 0.15) is 10.4 Å². The minimum atomic E-state index is -1.10. The molecule has 0 aromatic heterocycles. The Morgan fingerprint density at radius 3 is 2.50 bits per heavy atom. The van der Waals surface area contributed by atoms with Gasteiger partial charge in [-0.1, -0.05) is 0 Å². The molecule has 0 spiro atoms. The molecule has 6 heteroatoms. The van der Waals surface area contributed by atoms with Crippen LogP contribution in [0, 0.1) is 11.6 Å². The van der Waals surface area contributed by atoms with E-state index in [9.17, 15) is 18.4 Å². The topological polar surface area (TPSA) is 58.2 Å². The number of likely N-dealkylation sites (N-methyl/N-ethyl adjacent to an activating group) is 1. The predicted octanol–water partition coefficient (Wildman–Crippen LogP) is 0.441. The molecule has 1 aromatic rings. The van der Waals surface area contributed by atoms with Crippen LogP contribution in [0.2, 0.25) is 0 Å². The van der Waals surface area contributed by atoms with E-state index in [4.69, 9.17) is 0 Å². The zero-order valence-electron chi connectivity index (χ0n) is 8.51. The van der Waals surface area contributed by atoms with Crippen LogP contribution in [0.15, 0.2) is 18.2 Å². The molecule has 0 aliphatic rings. The van der Waals surface area contributed by atoms with Crippen LogP contribution >= 0.6 is 0 Å². The molecule has 0 saturated heterocycles. The van der Waals surface area contributed by atoms with Crippen molar-refractivity contribution in [2.24, 2.45) is 0 Å². The average Bonchev–Trinajstić information content (AvgIpc) is 2.29. The summed E-state index contributed by atoms with van der Waals surface area (Å²) in [7, 11) is 1.42. The first-order valence-electron chi connectivity index (χ1n) is 4.48. The number of halogens is 2. The second-order valence-corrected chi connectivity index (χ2v) is 2.98. The summed E-state index contributed by atoms with van der Waals surface area (Å²) in [4.78, 5) is 22.2. The number of benzene rings is 1. The van der Waals surface area contributed by atoms with E-state index in [-0.39, 0.29) is 18.0 Å². The molecule has 2 amide bonds. The zero-order chi connectivity index (χ0) is 12.1. The quantitative estimate of drug-likeness (QED) is 0.788. The summed E-state index contributed by atoms with van der Waals surface area (Å²) in [5.74, 6) is -3.14. The second kappa shape index (κ2) is 5.20. The monoisotopic (exact) mass is 228 g/mol. The van der Waals surface area contributed by atoms with Crippen LogP contribution in [-0.4, -0.2) is 25.4 Å². The lowest BCUT2D eigenvalue weighted by Crippen LogP contribution is -2.35. The summed E-state index contributed by atoms with van der Waals surface area (Å²) >= 11 is 0. The molecule has 0 radical (unpaired) electrons. The number of hydrogen-bond acceptors (Lipinski definition) is 2. The Kier molecular flexibility index (Phi) is 3.93. The fraction of sp³-hybridized carbons (Fsp3) is 0.200. The van der Waals surface area contributed by atoms with Crippen LogP contribution in [0.25, 0.3) is 0 Å². The van der Waals surface area contributed by atoms with Crippen molar-refractivity contribution in [1.29, 1.82) is 0 Å². The third kappa shape index (κ3) is 3.01. The third-order valence-electron chi connectivity index (χ3n) is 1.87. The zero-order valence-corrected chi connectivity index (χ0v) is 8.51. The minimum Gasteiger partial charge on any atom is -0.358 e. The standard InChI is InChI=1S/C10H10F2N2O2/c1-13-9(15)5-14-10(16)6-2-3-7(11)8(12)4-6/h2-4H,5H2,1H3,(H,13,15)(H,14,16). The van der Waals surface area contributed by atoms with E-state index >= 15 is 0 Å². The fourth-order valence-electron chi connectivity index (χ4n) is 0.988. The van der Waals surface area contributed by atoms with Crippen molar-refractivity contribution in [2.75, 3.05) is 13.6 Å².